The van der Waals surface area contributed by atoms with Gasteiger partial charge in [0.1, 0.15) is 0 Å². The van der Waals surface area contributed by atoms with Gasteiger partial charge in [-0.1, -0.05) is 48.5 Å². The second kappa shape index (κ2) is 25.4. The summed E-state index contributed by atoms with van der Waals surface area (Å²) in [6.45, 7) is 34.1. The minimum atomic E-state index is -0.571. The number of aliphatic hydroxyl groups excluding tert-OH is 1. The highest BCUT2D eigenvalue weighted by Crippen LogP contribution is 2.39. The molecule has 0 amide bonds. The molecule has 7 heterocycles. The van der Waals surface area contributed by atoms with Crippen LogP contribution in [0.5, 0.6) is 0 Å². The monoisotopic (exact) mass is 959 g/mol. The topological polar surface area (TPSA) is 149 Å². The van der Waals surface area contributed by atoms with Gasteiger partial charge in [0.15, 0.2) is 0 Å². The van der Waals surface area contributed by atoms with Crippen molar-refractivity contribution in [3.63, 3.8) is 0 Å². The van der Waals surface area contributed by atoms with Gasteiger partial charge in [0.05, 0.1) is 202 Å². The highest BCUT2D eigenvalue weighted by Gasteiger charge is 2.46. The Morgan fingerprint density at radius 3 is 0.537 bits per heavy atom. The van der Waals surface area contributed by atoms with E-state index < -0.39 is 10.8 Å². The van der Waals surface area contributed by atoms with Crippen LogP contribution in [0, 0.1) is 48.7 Å². The van der Waals surface area contributed by atoms with Crippen molar-refractivity contribution in [3.8, 4) is 0 Å². The molecule has 7 saturated heterocycles. The van der Waals surface area contributed by atoms with Crippen molar-refractivity contribution in [2.45, 2.75) is 93.4 Å². The molecule has 0 saturated carbocycles. The second-order valence-electron chi connectivity index (χ2n) is 23.0. The Balaban J connectivity index is 0.000000226. The molecule has 15 heteroatoms. The fourth-order valence-electron chi connectivity index (χ4n) is 9.36. The maximum absolute atomic E-state index is 10.3. The van der Waals surface area contributed by atoms with Gasteiger partial charge in [0, 0.05) is 37.9 Å². The Bertz CT molecular complexity index is 1170. The molecular weight excluding hydrogens is 865 g/mol. The van der Waals surface area contributed by atoms with Crippen LogP contribution in [0.3, 0.4) is 0 Å². The van der Waals surface area contributed by atoms with Gasteiger partial charge in [-0.3, -0.25) is 0 Å². The summed E-state index contributed by atoms with van der Waals surface area (Å²) < 4.78 is 82.5. The third kappa shape index (κ3) is 14.3. The van der Waals surface area contributed by atoms with Crippen LogP contribution in [0.2, 0.25) is 0 Å². The van der Waals surface area contributed by atoms with Crippen molar-refractivity contribution in [2.75, 3.05) is 192 Å². The Labute approximate surface area is 404 Å². The minimum absolute atomic E-state index is 0.0339. The maximum atomic E-state index is 10.3. The quantitative estimate of drug-likeness (QED) is 0.0778. The van der Waals surface area contributed by atoms with Crippen LogP contribution in [0.4, 0.5) is 0 Å². The first-order valence-electron chi connectivity index (χ1n) is 26.1. The molecule has 0 unspecified atom stereocenters. The van der Waals surface area contributed by atoms with E-state index in [4.69, 9.17) is 66.3 Å². The third-order valence-electron chi connectivity index (χ3n) is 17.0. The summed E-state index contributed by atoms with van der Waals surface area (Å²) in [5.41, 5.74) is -0.0690. The molecule has 0 aromatic carbocycles. The lowest BCUT2D eigenvalue weighted by atomic mass is 9.83. The van der Waals surface area contributed by atoms with Crippen LogP contribution in [-0.4, -0.2) is 197 Å². The van der Waals surface area contributed by atoms with Crippen LogP contribution >= 0.6 is 0 Å². The molecule has 1 N–H and O–H groups in total. The van der Waals surface area contributed by atoms with Gasteiger partial charge >= 0.3 is 0 Å². The van der Waals surface area contributed by atoms with E-state index in [-0.39, 0.29) is 44.5 Å². The fraction of sp³-hybridized carbons (Fsp3) is 1.00. The normalized spacial score (nSPS) is 24.5. The second-order valence-corrected chi connectivity index (χ2v) is 23.0. The predicted molar refractivity (Wildman–Crippen MR) is 252 cm³/mol. The van der Waals surface area contributed by atoms with E-state index in [0.29, 0.717) is 92.5 Å². The largest absolute Gasteiger partial charge is 0.396 e. The van der Waals surface area contributed by atoms with Gasteiger partial charge in [-0.05, 0) is 44.9 Å². The molecule has 0 aliphatic carbocycles. The number of rotatable bonds is 36. The van der Waals surface area contributed by atoms with Crippen LogP contribution < -0.4 is 0 Å². The SMILES string of the molecule is CCC1(COCC(CO)(COCC2(CC)COC2)COCC2(CC)COC2)COC1.CCC1(COCC(COCC2(CC)COC2)(COCC2(CC)COC2)COCC2(CC)COC2)COC1. The number of ether oxygens (including phenoxy) is 14. The molecule has 0 aromatic rings. The standard InChI is InChI=1S/C29H52O8.C23H42O7/c1-5-25(9-30-10-25)17-34-21-29(22-35-18-26(6-2)11-31-12-26,23-36-19-27(7-3)13-32-14-27)24-37-20-28(8-4)15-33-16-28;1-4-20(8-25-9-20)14-28-17-23(7-24,18-29-15-21(5-2)10-26-11-21)19-30-16-22(6-3)12-27-13-22/h5-24H2,1-4H3;24H,4-19H2,1-3H3. The molecule has 392 valence electrons. The lowest BCUT2D eigenvalue weighted by molar-refractivity contribution is -0.202. The predicted octanol–water partition coefficient (Wildman–Crippen LogP) is 6.04. The fourth-order valence-corrected chi connectivity index (χ4v) is 9.36. The smallest absolute Gasteiger partial charge is 0.0637 e. The first-order chi connectivity index (χ1) is 32.4. The zero-order valence-corrected chi connectivity index (χ0v) is 43.1. The van der Waals surface area contributed by atoms with Gasteiger partial charge in [-0.2, -0.15) is 0 Å². The van der Waals surface area contributed by atoms with E-state index in [1.165, 1.54) is 0 Å². The Morgan fingerprint density at radius 2 is 0.433 bits per heavy atom. The van der Waals surface area contributed by atoms with Crippen molar-refractivity contribution < 1.29 is 71.4 Å². The molecule has 7 aliphatic heterocycles. The first-order valence-corrected chi connectivity index (χ1v) is 26.1. The summed E-state index contributed by atoms with van der Waals surface area (Å²) in [6.07, 6.45) is 7.32. The van der Waals surface area contributed by atoms with E-state index in [9.17, 15) is 5.11 Å². The van der Waals surface area contributed by atoms with Crippen molar-refractivity contribution in [2.24, 2.45) is 48.7 Å². The molecule has 7 rings (SSSR count). The van der Waals surface area contributed by atoms with E-state index in [1.54, 1.807) is 0 Å². The lowest BCUT2D eigenvalue weighted by Crippen LogP contribution is -2.51. The average Bonchev–Trinajstić information content (AvgIpc) is 3.25. The van der Waals surface area contributed by atoms with E-state index in [1.807, 2.05) is 0 Å². The molecule has 0 aromatic heterocycles. The summed E-state index contributed by atoms with van der Waals surface area (Å²) in [7, 11) is 0. The maximum Gasteiger partial charge on any atom is 0.0637 e. The molecular formula is C52H94O15. The van der Waals surface area contributed by atoms with Crippen LogP contribution in [-0.2, 0) is 66.3 Å². The van der Waals surface area contributed by atoms with E-state index in [2.05, 4.69) is 48.5 Å². The summed E-state index contributed by atoms with van der Waals surface area (Å²) in [6, 6.07) is 0. The number of hydrogen-bond donors (Lipinski definition) is 1. The lowest BCUT2D eigenvalue weighted by Gasteiger charge is -2.44. The molecule has 15 nitrogen and oxygen atoms in total. The van der Waals surface area contributed by atoms with Gasteiger partial charge in [-0.15, -0.1) is 0 Å². The minimum Gasteiger partial charge on any atom is -0.396 e. The zero-order valence-electron chi connectivity index (χ0n) is 43.1. The van der Waals surface area contributed by atoms with E-state index >= 15 is 0 Å². The first kappa shape index (κ1) is 55.7. The molecule has 7 aliphatic rings. The van der Waals surface area contributed by atoms with Crippen molar-refractivity contribution in [1.82, 2.24) is 0 Å². The Hall–Kier alpha value is -0.600. The zero-order chi connectivity index (χ0) is 47.9. The molecule has 0 radical (unpaired) electrons. The van der Waals surface area contributed by atoms with Crippen LogP contribution in [0.25, 0.3) is 0 Å². The van der Waals surface area contributed by atoms with Gasteiger partial charge < -0.3 is 71.4 Å². The Kier molecular flexibility index (Phi) is 21.1. The highest BCUT2D eigenvalue weighted by atomic mass is 16.6. The summed E-state index contributed by atoms with van der Waals surface area (Å²) in [5.74, 6) is 0. The van der Waals surface area contributed by atoms with Crippen LogP contribution in [0.1, 0.15) is 93.4 Å². The Morgan fingerprint density at radius 1 is 0.284 bits per heavy atom. The highest BCUT2D eigenvalue weighted by molar-refractivity contribution is 4.92. The molecule has 0 atom stereocenters. The average molecular weight is 959 g/mol. The van der Waals surface area contributed by atoms with Gasteiger partial charge in [0.2, 0.25) is 0 Å². The van der Waals surface area contributed by atoms with Crippen molar-refractivity contribution in [3.05, 3.63) is 0 Å². The summed E-state index contributed by atoms with van der Waals surface area (Å²) in [5, 5.41) is 10.3. The summed E-state index contributed by atoms with van der Waals surface area (Å²) in [4.78, 5) is 0. The molecule has 0 bridgehead atoms. The molecule has 0 spiro atoms. The van der Waals surface area contributed by atoms with Crippen molar-refractivity contribution in [1.29, 1.82) is 0 Å². The van der Waals surface area contributed by atoms with Crippen molar-refractivity contribution >= 4 is 0 Å². The number of hydrogen-bond acceptors (Lipinski definition) is 15. The van der Waals surface area contributed by atoms with Gasteiger partial charge in [-0.25, -0.2) is 0 Å². The van der Waals surface area contributed by atoms with Gasteiger partial charge in [0.25, 0.3) is 0 Å². The van der Waals surface area contributed by atoms with Crippen LogP contribution in [0.15, 0.2) is 0 Å². The van der Waals surface area contributed by atoms with E-state index in [0.717, 1.165) is 137 Å². The third-order valence-corrected chi connectivity index (χ3v) is 17.0. The molecule has 67 heavy (non-hydrogen) atoms. The summed E-state index contributed by atoms with van der Waals surface area (Å²) >= 11 is 0. The molecule has 7 fully saturated rings. The number of aliphatic hydroxyl groups is 1.